The average molecular weight is 418 g/mol. The Bertz CT molecular complexity index is 887. The Labute approximate surface area is 166 Å². The lowest BCUT2D eigenvalue weighted by Crippen LogP contribution is -2.33. The van der Waals surface area contributed by atoms with Crippen LogP contribution >= 0.6 is 11.6 Å². The van der Waals surface area contributed by atoms with Gasteiger partial charge in [-0.25, -0.2) is 0 Å². The first-order chi connectivity index (χ1) is 13.1. The minimum absolute atomic E-state index is 0.0994. The number of fused-ring (bicyclic) bond motifs is 1. The van der Waals surface area contributed by atoms with E-state index in [2.05, 4.69) is 15.5 Å². The molecule has 3 rings (SSSR count). The van der Waals surface area contributed by atoms with E-state index >= 15 is 0 Å². The molecule has 1 aliphatic carbocycles. The van der Waals surface area contributed by atoms with Crippen molar-refractivity contribution in [1.29, 1.82) is 0 Å². The molecule has 0 unspecified atom stereocenters. The summed E-state index contributed by atoms with van der Waals surface area (Å²) in [6, 6.07) is -0.564. The fourth-order valence-electron chi connectivity index (χ4n) is 3.64. The van der Waals surface area contributed by atoms with E-state index in [9.17, 15) is 18.0 Å². The zero-order chi connectivity index (χ0) is 20.6. The molecule has 1 amide bonds. The van der Waals surface area contributed by atoms with Gasteiger partial charge in [-0.05, 0) is 46.5 Å². The molecule has 1 atom stereocenters. The number of nitrogens with one attached hydrogen (secondary N) is 1. The minimum Gasteiger partial charge on any atom is -0.354 e. The normalized spacial score (nSPS) is 15.0. The molecule has 2 heterocycles. The molecule has 1 aliphatic rings. The van der Waals surface area contributed by atoms with Gasteiger partial charge in [-0.2, -0.15) is 23.4 Å². The smallest absolute Gasteiger partial charge is 0.354 e. The van der Waals surface area contributed by atoms with Crippen molar-refractivity contribution in [3.8, 4) is 0 Å². The first-order valence-corrected chi connectivity index (χ1v) is 9.63. The van der Waals surface area contributed by atoms with E-state index in [4.69, 9.17) is 11.6 Å². The van der Waals surface area contributed by atoms with Crippen LogP contribution in [-0.2, 0) is 30.4 Å². The topological polar surface area (TPSA) is 64.7 Å². The van der Waals surface area contributed by atoms with Crippen molar-refractivity contribution in [2.75, 3.05) is 6.54 Å². The Morgan fingerprint density at radius 2 is 2.00 bits per heavy atom. The molecular weight excluding hydrogens is 395 g/mol. The predicted molar refractivity (Wildman–Crippen MR) is 98.3 cm³/mol. The fourth-order valence-corrected chi connectivity index (χ4v) is 3.77. The molecule has 0 bridgehead atoms. The van der Waals surface area contributed by atoms with Crippen LogP contribution in [0, 0.1) is 13.8 Å². The second kappa shape index (κ2) is 7.77. The number of hydrogen-bond donors (Lipinski definition) is 1. The van der Waals surface area contributed by atoms with E-state index in [0.29, 0.717) is 53.4 Å². The maximum atomic E-state index is 13.4. The highest BCUT2D eigenvalue weighted by molar-refractivity contribution is 6.31. The molecule has 2 aromatic rings. The Morgan fingerprint density at radius 1 is 1.29 bits per heavy atom. The maximum absolute atomic E-state index is 13.4. The largest absolute Gasteiger partial charge is 0.433 e. The first kappa shape index (κ1) is 20.7. The van der Waals surface area contributed by atoms with E-state index in [1.165, 1.54) is 0 Å². The maximum Gasteiger partial charge on any atom is 0.433 e. The lowest BCUT2D eigenvalue weighted by Gasteiger charge is -2.15. The SMILES string of the molecule is Cc1nn([C@@H](C)C(=O)NCCCn2nc3c(c2C(F)(F)F)CCC3)c(C)c1Cl. The number of carbonyl (C=O) groups is 1. The van der Waals surface area contributed by atoms with Gasteiger partial charge in [0.25, 0.3) is 0 Å². The Kier molecular flexibility index (Phi) is 5.74. The summed E-state index contributed by atoms with van der Waals surface area (Å²) in [6.07, 6.45) is -2.35. The third kappa shape index (κ3) is 3.90. The number of aryl methyl sites for hydroxylation is 3. The summed E-state index contributed by atoms with van der Waals surface area (Å²) in [4.78, 5) is 12.4. The number of alkyl halides is 3. The summed E-state index contributed by atoms with van der Waals surface area (Å²) >= 11 is 6.11. The Morgan fingerprint density at radius 3 is 2.61 bits per heavy atom. The lowest BCUT2D eigenvalue weighted by atomic mass is 10.2. The molecule has 0 aromatic carbocycles. The summed E-state index contributed by atoms with van der Waals surface area (Å²) < 4.78 is 42.8. The zero-order valence-electron chi connectivity index (χ0n) is 16.0. The number of nitrogens with zero attached hydrogens (tertiary/aromatic N) is 4. The van der Waals surface area contributed by atoms with Gasteiger partial charge in [0.05, 0.1) is 22.1 Å². The number of amides is 1. The molecule has 10 heteroatoms. The highest BCUT2D eigenvalue weighted by Gasteiger charge is 2.40. The number of carbonyl (C=O) groups excluding carboxylic acids is 1. The van der Waals surface area contributed by atoms with Gasteiger partial charge in [0.2, 0.25) is 5.91 Å². The van der Waals surface area contributed by atoms with Crippen LogP contribution in [0.15, 0.2) is 0 Å². The molecule has 0 aliphatic heterocycles. The first-order valence-electron chi connectivity index (χ1n) is 9.26. The van der Waals surface area contributed by atoms with Gasteiger partial charge in [0, 0.05) is 18.7 Å². The summed E-state index contributed by atoms with van der Waals surface area (Å²) in [6.45, 7) is 5.59. The van der Waals surface area contributed by atoms with Gasteiger partial charge in [0.1, 0.15) is 11.7 Å². The fraction of sp³-hybridized carbons (Fsp3) is 0.611. The number of halogens is 4. The van der Waals surface area contributed by atoms with Crippen LogP contribution in [0.25, 0.3) is 0 Å². The number of rotatable bonds is 6. The summed E-state index contributed by atoms with van der Waals surface area (Å²) in [5.74, 6) is -0.263. The molecule has 1 N–H and O–H groups in total. The molecule has 28 heavy (non-hydrogen) atoms. The van der Waals surface area contributed by atoms with E-state index in [1.807, 2.05) is 0 Å². The van der Waals surface area contributed by atoms with Crippen LogP contribution < -0.4 is 5.32 Å². The van der Waals surface area contributed by atoms with Gasteiger partial charge in [-0.15, -0.1) is 0 Å². The van der Waals surface area contributed by atoms with E-state index in [-0.39, 0.29) is 19.0 Å². The van der Waals surface area contributed by atoms with E-state index in [1.54, 1.807) is 25.5 Å². The van der Waals surface area contributed by atoms with Crippen LogP contribution in [0.5, 0.6) is 0 Å². The van der Waals surface area contributed by atoms with Gasteiger partial charge in [-0.1, -0.05) is 11.6 Å². The Hall–Kier alpha value is -2.03. The molecule has 0 saturated heterocycles. The van der Waals surface area contributed by atoms with Crippen molar-refractivity contribution in [3.05, 3.63) is 33.4 Å². The monoisotopic (exact) mass is 417 g/mol. The second-order valence-corrected chi connectivity index (χ2v) is 7.48. The van der Waals surface area contributed by atoms with Gasteiger partial charge in [-0.3, -0.25) is 14.2 Å². The molecule has 0 saturated carbocycles. The van der Waals surface area contributed by atoms with Crippen molar-refractivity contribution < 1.29 is 18.0 Å². The van der Waals surface area contributed by atoms with E-state index in [0.717, 1.165) is 4.68 Å². The molecule has 0 radical (unpaired) electrons. The van der Waals surface area contributed by atoms with Gasteiger partial charge < -0.3 is 5.32 Å². The quantitative estimate of drug-likeness (QED) is 0.730. The van der Waals surface area contributed by atoms with Crippen molar-refractivity contribution in [2.45, 2.75) is 65.2 Å². The molecule has 6 nitrogen and oxygen atoms in total. The summed E-state index contributed by atoms with van der Waals surface area (Å²) in [7, 11) is 0. The van der Waals surface area contributed by atoms with Crippen LogP contribution in [-0.4, -0.2) is 32.0 Å². The highest BCUT2D eigenvalue weighted by Crippen LogP contribution is 2.37. The van der Waals surface area contributed by atoms with Gasteiger partial charge in [0.15, 0.2) is 0 Å². The molecule has 0 spiro atoms. The van der Waals surface area contributed by atoms with Crippen LogP contribution in [0.3, 0.4) is 0 Å². The average Bonchev–Trinajstić information content (AvgIpc) is 3.26. The zero-order valence-corrected chi connectivity index (χ0v) is 16.8. The van der Waals surface area contributed by atoms with E-state index < -0.39 is 17.9 Å². The second-order valence-electron chi connectivity index (χ2n) is 7.10. The van der Waals surface area contributed by atoms with Crippen molar-refractivity contribution in [3.63, 3.8) is 0 Å². The highest BCUT2D eigenvalue weighted by atomic mass is 35.5. The van der Waals surface area contributed by atoms with Gasteiger partial charge >= 0.3 is 6.18 Å². The molecule has 2 aromatic heterocycles. The summed E-state index contributed by atoms with van der Waals surface area (Å²) in [5, 5.41) is 11.7. The molecule has 154 valence electrons. The van der Waals surface area contributed by atoms with Crippen molar-refractivity contribution in [2.24, 2.45) is 0 Å². The summed E-state index contributed by atoms with van der Waals surface area (Å²) in [5.41, 5.74) is 1.57. The number of hydrogen-bond acceptors (Lipinski definition) is 3. The third-order valence-corrected chi connectivity index (χ3v) is 5.62. The Balaban J connectivity index is 1.58. The minimum atomic E-state index is -4.42. The van der Waals surface area contributed by atoms with Crippen LogP contribution in [0.4, 0.5) is 13.2 Å². The van der Waals surface area contributed by atoms with Crippen molar-refractivity contribution in [1.82, 2.24) is 24.9 Å². The lowest BCUT2D eigenvalue weighted by molar-refractivity contribution is -0.144. The van der Waals surface area contributed by atoms with Crippen LogP contribution in [0.2, 0.25) is 5.02 Å². The predicted octanol–water partition coefficient (Wildman–Crippen LogP) is 3.62. The standard InChI is InChI=1S/C18H23ClF3N5O/c1-10-15(19)11(2)27(24-10)12(3)17(28)23-8-5-9-26-16(18(20,21)22)13-6-4-7-14(13)25-26/h12H,4-9H2,1-3H3,(H,23,28)/t12-/m0/s1. The van der Waals surface area contributed by atoms with Crippen molar-refractivity contribution >= 4 is 17.5 Å². The molecule has 0 fully saturated rings. The number of aromatic nitrogens is 4. The van der Waals surface area contributed by atoms with Crippen LogP contribution in [0.1, 0.15) is 54.1 Å². The molecular formula is C18H23ClF3N5O. The third-order valence-electron chi connectivity index (χ3n) is 5.07.